The van der Waals surface area contributed by atoms with Crippen molar-refractivity contribution >= 4 is 5.78 Å². The van der Waals surface area contributed by atoms with Gasteiger partial charge >= 0.3 is 0 Å². The normalized spacial score (nSPS) is 10.2. The molecule has 4 nitrogen and oxygen atoms in total. The molecule has 0 saturated heterocycles. The number of aromatic nitrogens is 2. The fourth-order valence-corrected chi connectivity index (χ4v) is 2.00. The minimum Gasteiger partial charge on any atom is -0.437 e. The Bertz CT molecular complexity index is 557. The van der Waals surface area contributed by atoms with E-state index in [1.54, 1.807) is 25.5 Å². The summed E-state index contributed by atoms with van der Waals surface area (Å²) in [7, 11) is 0. The lowest BCUT2D eigenvalue weighted by Gasteiger charge is -2.10. The first-order valence-corrected chi connectivity index (χ1v) is 5.64. The van der Waals surface area contributed by atoms with E-state index >= 15 is 0 Å². The predicted molar refractivity (Wildman–Crippen MR) is 68.0 cm³/mol. The molecule has 1 aromatic heterocycles. The number of Topliss-reactive ketones (excluding diaryl/α,β-unsaturated/α-hetero) is 1. The zero-order valence-electron chi connectivity index (χ0n) is 10.6. The van der Waals surface area contributed by atoms with Crippen LogP contribution in [0.4, 0.5) is 0 Å². The van der Waals surface area contributed by atoms with E-state index in [1.165, 1.54) is 0 Å². The van der Waals surface area contributed by atoms with Crippen molar-refractivity contribution in [2.24, 2.45) is 0 Å². The lowest BCUT2D eigenvalue weighted by atomic mass is 9.99. The maximum absolute atomic E-state index is 11.5. The fourth-order valence-electron chi connectivity index (χ4n) is 2.00. The molecular weight excluding hydrogens is 228 g/mol. The Morgan fingerprint density at radius 3 is 2.33 bits per heavy atom. The summed E-state index contributed by atoms with van der Waals surface area (Å²) in [5.74, 6) is 1.17. The molecule has 0 fully saturated rings. The van der Waals surface area contributed by atoms with Crippen LogP contribution in [0.2, 0.25) is 0 Å². The van der Waals surface area contributed by atoms with Crippen LogP contribution in [0.3, 0.4) is 0 Å². The van der Waals surface area contributed by atoms with Gasteiger partial charge in [-0.1, -0.05) is 0 Å². The number of aryl methyl sites for hydroxylation is 2. The average molecular weight is 242 g/mol. The summed E-state index contributed by atoms with van der Waals surface area (Å²) in [5, 5.41) is 0. The van der Waals surface area contributed by atoms with E-state index < -0.39 is 0 Å². The number of carbonyl (C=O) groups excluding carboxylic acids is 1. The molecule has 0 unspecified atom stereocenters. The van der Waals surface area contributed by atoms with Crippen LogP contribution in [0.15, 0.2) is 30.7 Å². The summed E-state index contributed by atoms with van der Waals surface area (Å²) in [4.78, 5) is 19.5. The number of rotatable bonds is 3. The van der Waals surface area contributed by atoms with Crippen molar-refractivity contribution < 1.29 is 9.53 Å². The van der Waals surface area contributed by atoms with Gasteiger partial charge < -0.3 is 4.74 Å². The molecule has 4 heteroatoms. The van der Waals surface area contributed by atoms with E-state index in [-0.39, 0.29) is 5.78 Å². The lowest BCUT2D eigenvalue weighted by Crippen LogP contribution is -2.00. The third-order valence-electron chi connectivity index (χ3n) is 2.62. The van der Waals surface area contributed by atoms with Crippen molar-refractivity contribution in [1.82, 2.24) is 9.97 Å². The van der Waals surface area contributed by atoms with Crippen molar-refractivity contribution in [3.05, 3.63) is 47.4 Å². The number of ether oxygens (including phenoxy) is 1. The van der Waals surface area contributed by atoms with Gasteiger partial charge in [0.1, 0.15) is 5.75 Å². The molecule has 1 heterocycles. The van der Waals surface area contributed by atoms with Gasteiger partial charge in [0.25, 0.3) is 0 Å². The van der Waals surface area contributed by atoms with Crippen LogP contribution < -0.4 is 4.74 Å². The number of hydrogen-bond acceptors (Lipinski definition) is 4. The molecule has 1 aromatic carbocycles. The van der Waals surface area contributed by atoms with Crippen LogP contribution in [-0.4, -0.2) is 15.8 Å². The molecule has 92 valence electrons. The molecule has 0 saturated carbocycles. The second-order valence-corrected chi connectivity index (χ2v) is 4.13. The van der Waals surface area contributed by atoms with Crippen molar-refractivity contribution in [3.63, 3.8) is 0 Å². The summed E-state index contributed by atoms with van der Waals surface area (Å²) in [5.41, 5.74) is 2.56. The minimum atomic E-state index is 0.0658. The van der Waals surface area contributed by atoms with Crippen LogP contribution in [0.25, 0.3) is 0 Å². The minimum absolute atomic E-state index is 0.0658. The summed E-state index contributed by atoms with van der Waals surface area (Å²) >= 11 is 0. The number of benzene rings is 1. The average Bonchev–Trinajstić information content (AvgIpc) is 2.28. The summed E-state index contributed by atoms with van der Waals surface area (Å²) in [6.07, 6.45) is 4.70. The second-order valence-electron chi connectivity index (χ2n) is 4.13. The zero-order valence-corrected chi connectivity index (χ0v) is 10.6. The zero-order chi connectivity index (χ0) is 13.1. The summed E-state index contributed by atoms with van der Waals surface area (Å²) in [6, 6.07) is 3.66. The molecule has 0 N–H and O–H groups in total. The Morgan fingerprint density at radius 2 is 1.83 bits per heavy atom. The lowest BCUT2D eigenvalue weighted by molar-refractivity contribution is 0.101. The maximum atomic E-state index is 11.5. The molecule has 0 radical (unpaired) electrons. The standard InChI is InChI=1S/C14H14N2O2/c1-9-6-12(7-10(2)14(9)11(3)17)18-13-8-15-4-5-16-13/h4-8H,1-3H3. The Hall–Kier alpha value is -2.23. The van der Waals surface area contributed by atoms with E-state index in [0.29, 0.717) is 11.6 Å². The smallest absolute Gasteiger partial charge is 0.237 e. The van der Waals surface area contributed by atoms with E-state index in [0.717, 1.165) is 16.7 Å². The Kier molecular flexibility index (Phi) is 3.37. The van der Waals surface area contributed by atoms with Gasteiger partial charge in [-0.15, -0.1) is 0 Å². The third kappa shape index (κ3) is 2.53. The molecule has 0 atom stereocenters. The largest absolute Gasteiger partial charge is 0.437 e. The summed E-state index contributed by atoms with van der Waals surface area (Å²) in [6.45, 7) is 5.36. The van der Waals surface area contributed by atoms with E-state index in [1.807, 2.05) is 26.0 Å². The van der Waals surface area contributed by atoms with Crippen molar-refractivity contribution in [2.75, 3.05) is 0 Å². The molecule has 2 rings (SSSR count). The number of ketones is 1. The Balaban J connectivity index is 2.34. The van der Waals surface area contributed by atoms with Crippen LogP contribution in [-0.2, 0) is 0 Å². The fraction of sp³-hybridized carbons (Fsp3) is 0.214. The second kappa shape index (κ2) is 4.96. The van der Waals surface area contributed by atoms with Crippen molar-refractivity contribution in [1.29, 1.82) is 0 Å². The Morgan fingerprint density at radius 1 is 1.17 bits per heavy atom. The number of nitrogens with zero attached hydrogens (tertiary/aromatic N) is 2. The molecule has 0 aliphatic carbocycles. The van der Waals surface area contributed by atoms with Crippen LogP contribution in [0, 0.1) is 13.8 Å². The maximum Gasteiger partial charge on any atom is 0.237 e. The van der Waals surface area contributed by atoms with E-state index in [2.05, 4.69) is 9.97 Å². The topological polar surface area (TPSA) is 52.1 Å². The highest BCUT2D eigenvalue weighted by Gasteiger charge is 2.10. The molecule has 18 heavy (non-hydrogen) atoms. The van der Waals surface area contributed by atoms with E-state index in [4.69, 9.17) is 4.74 Å². The molecule has 0 spiro atoms. The first-order chi connectivity index (χ1) is 8.58. The molecule has 0 aliphatic heterocycles. The molecule has 0 bridgehead atoms. The highest BCUT2D eigenvalue weighted by molar-refractivity contribution is 5.97. The predicted octanol–water partition coefficient (Wildman–Crippen LogP) is 3.09. The first-order valence-electron chi connectivity index (χ1n) is 5.64. The van der Waals surface area contributed by atoms with Gasteiger partial charge in [0.15, 0.2) is 5.78 Å². The van der Waals surface area contributed by atoms with Crippen LogP contribution in [0.5, 0.6) is 11.6 Å². The number of carbonyl (C=O) groups is 1. The van der Waals surface area contributed by atoms with Gasteiger partial charge in [-0.2, -0.15) is 0 Å². The monoisotopic (exact) mass is 242 g/mol. The highest BCUT2D eigenvalue weighted by Crippen LogP contribution is 2.25. The molecule has 0 aliphatic rings. The van der Waals surface area contributed by atoms with Gasteiger partial charge in [-0.25, -0.2) is 4.98 Å². The molecule has 2 aromatic rings. The third-order valence-corrected chi connectivity index (χ3v) is 2.62. The van der Waals surface area contributed by atoms with Crippen LogP contribution in [0.1, 0.15) is 28.4 Å². The van der Waals surface area contributed by atoms with Gasteiger partial charge in [0.2, 0.25) is 5.88 Å². The highest BCUT2D eigenvalue weighted by atomic mass is 16.5. The van der Waals surface area contributed by atoms with Gasteiger partial charge in [0, 0.05) is 18.0 Å². The van der Waals surface area contributed by atoms with Crippen molar-refractivity contribution in [2.45, 2.75) is 20.8 Å². The van der Waals surface area contributed by atoms with Crippen molar-refractivity contribution in [3.8, 4) is 11.6 Å². The quantitative estimate of drug-likeness (QED) is 0.776. The van der Waals surface area contributed by atoms with Gasteiger partial charge in [0.05, 0.1) is 6.20 Å². The van der Waals surface area contributed by atoms with Crippen LogP contribution >= 0.6 is 0 Å². The van der Waals surface area contributed by atoms with Gasteiger partial charge in [-0.3, -0.25) is 9.78 Å². The molecule has 0 amide bonds. The Labute approximate surface area is 106 Å². The SMILES string of the molecule is CC(=O)c1c(C)cc(Oc2cnccn2)cc1C. The van der Waals surface area contributed by atoms with E-state index in [9.17, 15) is 4.79 Å². The summed E-state index contributed by atoms with van der Waals surface area (Å²) < 4.78 is 5.59. The molecular formula is C14H14N2O2. The number of hydrogen-bond donors (Lipinski definition) is 0. The van der Waals surface area contributed by atoms with Gasteiger partial charge in [-0.05, 0) is 44.0 Å². The first kappa shape index (κ1) is 12.2.